The molecular weight excluding hydrogens is 452 g/mol. The fraction of sp³-hybridized carbons (Fsp3) is 0.484. The monoisotopic (exact) mass is 494 g/mol. The zero-order valence-corrected chi connectivity index (χ0v) is 23.7. The molecule has 2 aromatic carbocycles. The largest absolute Gasteiger partial charge is 0.507 e. The standard InChI is InChI=1S/C31H42O5/c1-28(2,3)23-18-20(19-24(26(23)33)29(4,5)6)12-17-25(32)21-13-15-22(16-14-21)35-31(10,11)27(34)36-30(7,8)9/h12-19,33H,1-11H3. The molecule has 0 aliphatic rings. The van der Waals surface area contributed by atoms with Crippen LogP contribution in [-0.4, -0.2) is 28.1 Å². The van der Waals surface area contributed by atoms with Gasteiger partial charge in [-0.25, -0.2) is 4.79 Å². The van der Waals surface area contributed by atoms with Crippen LogP contribution >= 0.6 is 0 Å². The van der Waals surface area contributed by atoms with Crippen LogP contribution in [0.5, 0.6) is 11.5 Å². The summed E-state index contributed by atoms with van der Waals surface area (Å²) in [5.74, 6) is 0.157. The normalized spacial score (nSPS) is 13.1. The molecule has 1 N–H and O–H groups in total. The molecule has 2 rings (SSSR count). The number of carbonyl (C=O) groups is 2. The summed E-state index contributed by atoms with van der Waals surface area (Å²) in [5.41, 5.74) is 0.760. The van der Waals surface area contributed by atoms with Crippen molar-refractivity contribution in [2.75, 3.05) is 0 Å². The van der Waals surface area contributed by atoms with E-state index in [0.717, 1.165) is 16.7 Å². The number of hydrogen-bond donors (Lipinski definition) is 1. The molecule has 0 aliphatic heterocycles. The average molecular weight is 495 g/mol. The van der Waals surface area contributed by atoms with E-state index in [2.05, 4.69) is 41.5 Å². The first-order valence-electron chi connectivity index (χ1n) is 12.3. The Morgan fingerprint density at radius 3 is 1.67 bits per heavy atom. The summed E-state index contributed by atoms with van der Waals surface area (Å²) in [5, 5.41) is 10.9. The van der Waals surface area contributed by atoms with Crippen LogP contribution in [0.1, 0.15) is 103 Å². The van der Waals surface area contributed by atoms with Gasteiger partial charge < -0.3 is 14.6 Å². The van der Waals surface area contributed by atoms with E-state index >= 15 is 0 Å². The number of allylic oxidation sites excluding steroid dienone is 1. The maximum atomic E-state index is 12.9. The molecule has 196 valence electrons. The minimum atomic E-state index is -1.17. The van der Waals surface area contributed by atoms with Gasteiger partial charge in [-0.1, -0.05) is 47.6 Å². The van der Waals surface area contributed by atoms with E-state index in [9.17, 15) is 14.7 Å². The number of rotatable bonds is 6. The number of benzene rings is 2. The van der Waals surface area contributed by atoms with E-state index < -0.39 is 17.2 Å². The Morgan fingerprint density at radius 2 is 1.25 bits per heavy atom. The molecule has 0 heterocycles. The first-order valence-corrected chi connectivity index (χ1v) is 12.3. The summed E-state index contributed by atoms with van der Waals surface area (Å²) in [6.07, 6.45) is 3.31. The van der Waals surface area contributed by atoms with Crippen molar-refractivity contribution in [3.63, 3.8) is 0 Å². The zero-order valence-electron chi connectivity index (χ0n) is 23.7. The molecule has 5 nitrogen and oxygen atoms in total. The van der Waals surface area contributed by atoms with Gasteiger partial charge in [0.15, 0.2) is 11.4 Å². The van der Waals surface area contributed by atoms with Crippen LogP contribution in [0, 0.1) is 0 Å². The first-order chi connectivity index (χ1) is 16.2. The Bertz CT molecular complexity index is 1100. The first kappa shape index (κ1) is 29.2. The second-order valence-electron chi connectivity index (χ2n) is 12.8. The van der Waals surface area contributed by atoms with E-state index in [0.29, 0.717) is 17.1 Å². The van der Waals surface area contributed by atoms with Crippen molar-refractivity contribution in [3.05, 3.63) is 64.7 Å². The molecule has 2 aromatic rings. The maximum absolute atomic E-state index is 12.9. The molecule has 0 atom stereocenters. The molecule has 0 aromatic heterocycles. The number of hydrogen-bond acceptors (Lipinski definition) is 5. The molecule has 0 saturated carbocycles. The quantitative estimate of drug-likeness (QED) is 0.258. The Labute approximate surface area is 216 Å². The van der Waals surface area contributed by atoms with Crippen LogP contribution in [0.15, 0.2) is 42.5 Å². The summed E-state index contributed by atoms with van der Waals surface area (Å²) in [4.78, 5) is 25.3. The third kappa shape index (κ3) is 7.71. The number of aromatic hydroxyl groups is 1. The molecular formula is C31H42O5. The summed E-state index contributed by atoms with van der Waals surface area (Å²) >= 11 is 0. The van der Waals surface area contributed by atoms with Crippen molar-refractivity contribution in [2.24, 2.45) is 0 Å². The lowest BCUT2D eigenvalue weighted by Crippen LogP contribution is -2.43. The molecule has 0 bridgehead atoms. The van der Waals surface area contributed by atoms with E-state index in [1.807, 2.05) is 12.1 Å². The van der Waals surface area contributed by atoms with Crippen LogP contribution in [0.3, 0.4) is 0 Å². The molecule has 36 heavy (non-hydrogen) atoms. The van der Waals surface area contributed by atoms with E-state index in [4.69, 9.17) is 9.47 Å². The molecule has 0 aliphatic carbocycles. The fourth-order valence-corrected chi connectivity index (χ4v) is 3.59. The van der Waals surface area contributed by atoms with Gasteiger partial charge in [0.1, 0.15) is 17.1 Å². The van der Waals surface area contributed by atoms with Crippen LogP contribution in [0.2, 0.25) is 0 Å². The van der Waals surface area contributed by atoms with Gasteiger partial charge in [0.2, 0.25) is 0 Å². The Balaban J connectivity index is 2.24. The highest BCUT2D eigenvalue weighted by Gasteiger charge is 2.34. The van der Waals surface area contributed by atoms with Crippen molar-refractivity contribution in [1.29, 1.82) is 0 Å². The third-order valence-corrected chi connectivity index (χ3v) is 5.58. The summed E-state index contributed by atoms with van der Waals surface area (Å²) in [7, 11) is 0. The van der Waals surface area contributed by atoms with E-state index in [1.165, 1.54) is 6.08 Å². The number of ketones is 1. The highest BCUT2D eigenvalue weighted by Crippen LogP contribution is 2.40. The van der Waals surface area contributed by atoms with Crippen LogP contribution in [0.4, 0.5) is 0 Å². The summed E-state index contributed by atoms with van der Waals surface area (Å²) < 4.78 is 11.3. The Hall–Kier alpha value is -3.08. The lowest BCUT2D eigenvalue weighted by Gasteiger charge is -2.29. The smallest absolute Gasteiger partial charge is 0.350 e. The lowest BCUT2D eigenvalue weighted by molar-refractivity contribution is -0.170. The van der Waals surface area contributed by atoms with Crippen molar-refractivity contribution in [1.82, 2.24) is 0 Å². The molecule has 0 amide bonds. The van der Waals surface area contributed by atoms with Gasteiger partial charge in [-0.3, -0.25) is 4.79 Å². The average Bonchev–Trinajstić information content (AvgIpc) is 2.70. The van der Waals surface area contributed by atoms with Gasteiger partial charge in [-0.15, -0.1) is 0 Å². The number of phenolic OH excluding ortho intramolecular Hbond substituents is 1. The highest BCUT2D eigenvalue weighted by atomic mass is 16.6. The third-order valence-electron chi connectivity index (χ3n) is 5.58. The minimum Gasteiger partial charge on any atom is -0.507 e. The molecule has 5 heteroatoms. The van der Waals surface area contributed by atoms with Crippen molar-refractivity contribution in [3.8, 4) is 11.5 Å². The van der Waals surface area contributed by atoms with Crippen molar-refractivity contribution >= 4 is 17.8 Å². The van der Waals surface area contributed by atoms with Gasteiger partial charge in [0.25, 0.3) is 0 Å². The van der Waals surface area contributed by atoms with Crippen LogP contribution in [0.25, 0.3) is 6.08 Å². The Kier molecular flexibility index (Phi) is 8.19. The van der Waals surface area contributed by atoms with E-state index in [1.54, 1.807) is 65.0 Å². The molecule has 0 spiro atoms. The summed E-state index contributed by atoms with van der Waals surface area (Å²) in [6, 6.07) is 10.6. The SMILES string of the molecule is CC(C)(C)OC(=O)C(C)(C)Oc1ccc(C(=O)C=Cc2cc(C(C)(C)C)c(O)c(C(C)(C)C)c2)cc1. The van der Waals surface area contributed by atoms with Gasteiger partial charge in [-0.2, -0.15) is 0 Å². The fourth-order valence-electron chi connectivity index (χ4n) is 3.59. The molecule has 0 saturated heterocycles. The summed E-state index contributed by atoms with van der Waals surface area (Å²) in [6.45, 7) is 21.1. The number of esters is 1. The van der Waals surface area contributed by atoms with E-state index in [-0.39, 0.29) is 16.6 Å². The number of ether oxygens (including phenoxy) is 2. The highest BCUT2D eigenvalue weighted by molar-refractivity contribution is 6.06. The maximum Gasteiger partial charge on any atom is 0.350 e. The molecule has 0 radical (unpaired) electrons. The van der Waals surface area contributed by atoms with Gasteiger partial charge in [0, 0.05) is 16.7 Å². The van der Waals surface area contributed by atoms with Gasteiger partial charge in [0.05, 0.1) is 0 Å². The topological polar surface area (TPSA) is 72.8 Å². The second-order valence-corrected chi connectivity index (χ2v) is 12.8. The van der Waals surface area contributed by atoms with Gasteiger partial charge in [-0.05, 0) is 93.5 Å². The Morgan fingerprint density at radius 1 is 0.778 bits per heavy atom. The molecule has 0 fully saturated rings. The number of carbonyl (C=O) groups excluding carboxylic acids is 2. The zero-order chi connectivity index (χ0) is 27.7. The van der Waals surface area contributed by atoms with Crippen molar-refractivity contribution in [2.45, 2.75) is 98.2 Å². The number of phenols is 1. The van der Waals surface area contributed by atoms with Crippen molar-refractivity contribution < 1.29 is 24.2 Å². The second kappa shape index (κ2) is 10.1. The predicted molar refractivity (Wildman–Crippen MR) is 146 cm³/mol. The molecule has 0 unspecified atom stereocenters. The predicted octanol–water partition coefficient (Wildman–Crippen LogP) is 7.38. The lowest BCUT2D eigenvalue weighted by atomic mass is 9.78. The van der Waals surface area contributed by atoms with Crippen LogP contribution < -0.4 is 4.74 Å². The minimum absolute atomic E-state index is 0.157. The van der Waals surface area contributed by atoms with Crippen LogP contribution in [-0.2, 0) is 20.4 Å². The van der Waals surface area contributed by atoms with Gasteiger partial charge >= 0.3 is 5.97 Å².